The molecule has 1 aliphatic heterocycles. The van der Waals surface area contributed by atoms with Crippen molar-refractivity contribution in [1.29, 1.82) is 0 Å². The third-order valence-corrected chi connectivity index (χ3v) is 6.47. The molecule has 2 aromatic heterocycles. The predicted octanol–water partition coefficient (Wildman–Crippen LogP) is 4.87. The second-order valence-electron chi connectivity index (χ2n) is 8.52. The van der Waals surface area contributed by atoms with Crippen molar-refractivity contribution in [2.75, 3.05) is 26.7 Å². The summed E-state index contributed by atoms with van der Waals surface area (Å²) in [5.74, 6) is 0.746. The van der Waals surface area contributed by atoms with Gasteiger partial charge in [-0.05, 0) is 56.3 Å². The summed E-state index contributed by atoms with van der Waals surface area (Å²) in [6.45, 7) is 2.53. The number of nitrogens with one attached hydrogen (secondary N) is 1. The molecule has 6 heteroatoms. The molecule has 0 radical (unpaired) electrons. The highest BCUT2D eigenvalue weighted by molar-refractivity contribution is 6.07. The highest BCUT2D eigenvalue weighted by Gasteiger charge is 2.26. The lowest BCUT2D eigenvalue weighted by molar-refractivity contribution is 0.0939. The Morgan fingerprint density at radius 1 is 1.03 bits per heavy atom. The Labute approximate surface area is 199 Å². The molecule has 172 valence electrons. The number of benzene rings is 2. The summed E-state index contributed by atoms with van der Waals surface area (Å²) >= 11 is 0. The fraction of sp³-hybridized carbons (Fsp3) is 0.250. The number of methoxy groups -OCH3 is 1. The van der Waals surface area contributed by atoms with E-state index in [4.69, 9.17) is 9.72 Å². The molecule has 5 rings (SSSR count). The summed E-state index contributed by atoms with van der Waals surface area (Å²) < 4.78 is 5.65. The zero-order valence-electron chi connectivity index (χ0n) is 19.3. The average Bonchev–Trinajstić information content (AvgIpc) is 3.43. The number of rotatable bonds is 7. The van der Waals surface area contributed by atoms with Gasteiger partial charge in [0.25, 0.3) is 5.91 Å². The van der Waals surface area contributed by atoms with E-state index in [0.29, 0.717) is 12.1 Å². The summed E-state index contributed by atoms with van der Waals surface area (Å²) in [5.41, 5.74) is 4.20. The van der Waals surface area contributed by atoms with Gasteiger partial charge in [0.05, 0.1) is 29.9 Å². The Hall–Kier alpha value is -3.77. The fourth-order valence-electron chi connectivity index (χ4n) is 4.75. The normalized spacial score (nSPS) is 14.7. The fourth-order valence-corrected chi connectivity index (χ4v) is 4.75. The van der Waals surface area contributed by atoms with Crippen LogP contribution in [0, 0.1) is 0 Å². The third-order valence-electron chi connectivity index (χ3n) is 6.47. The Morgan fingerprint density at radius 3 is 2.56 bits per heavy atom. The average molecular weight is 453 g/mol. The Morgan fingerprint density at radius 2 is 1.76 bits per heavy atom. The van der Waals surface area contributed by atoms with Crippen LogP contribution in [-0.4, -0.2) is 47.5 Å². The van der Waals surface area contributed by atoms with Crippen LogP contribution in [0.2, 0.25) is 0 Å². The van der Waals surface area contributed by atoms with E-state index in [-0.39, 0.29) is 11.9 Å². The quantitative estimate of drug-likeness (QED) is 0.433. The first-order valence-electron chi connectivity index (χ1n) is 11.7. The third kappa shape index (κ3) is 4.50. The minimum absolute atomic E-state index is 0.0513. The Bertz CT molecular complexity index is 1290. The molecule has 0 saturated carbocycles. The molecule has 0 spiro atoms. The first-order chi connectivity index (χ1) is 16.7. The number of pyridine rings is 2. The molecule has 1 aliphatic rings. The highest BCUT2D eigenvalue weighted by Crippen LogP contribution is 2.31. The van der Waals surface area contributed by atoms with E-state index in [1.165, 1.54) is 12.8 Å². The van der Waals surface area contributed by atoms with Gasteiger partial charge in [-0.2, -0.15) is 0 Å². The van der Waals surface area contributed by atoms with E-state index in [1.54, 1.807) is 19.5 Å². The molecule has 1 amide bonds. The van der Waals surface area contributed by atoms with Gasteiger partial charge in [0.15, 0.2) is 0 Å². The zero-order valence-corrected chi connectivity index (χ0v) is 19.3. The van der Waals surface area contributed by atoms with Crippen LogP contribution in [0.15, 0.2) is 79.1 Å². The molecule has 1 saturated heterocycles. The number of hydrogen-bond acceptors (Lipinski definition) is 5. The molecule has 1 fully saturated rings. The van der Waals surface area contributed by atoms with E-state index < -0.39 is 0 Å². The maximum atomic E-state index is 13.5. The van der Waals surface area contributed by atoms with Crippen molar-refractivity contribution >= 4 is 16.8 Å². The number of likely N-dealkylation sites (tertiary alicyclic amines) is 1. The largest absolute Gasteiger partial charge is 0.496 e. The summed E-state index contributed by atoms with van der Waals surface area (Å²) in [5, 5.41) is 4.06. The molecule has 0 aliphatic carbocycles. The maximum Gasteiger partial charge on any atom is 0.252 e. The van der Waals surface area contributed by atoms with Gasteiger partial charge in [-0.1, -0.05) is 36.4 Å². The smallest absolute Gasteiger partial charge is 0.252 e. The summed E-state index contributed by atoms with van der Waals surface area (Å²) in [6, 6.07) is 21.6. The lowest BCUT2D eigenvalue weighted by Crippen LogP contribution is -2.37. The molecule has 1 atom stereocenters. The van der Waals surface area contributed by atoms with Gasteiger partial charge in [0, 0.05) is 35.5 Å². The van der Waals surface area contributed by atoms with Gasteiger partial charge in [-0.15, -0.1) is 0 Å². The molecule has 3 heterocycles. The molecule has 2 aromatic carbocycles. The van der Waals surface area contributed by atoms with Gasteiger partial charge < -0.3 is 10.1 Å². The minimum Gasteiger partial charge on any atom is -0.496 e. The number of aromatic nitrogens is 2. The minimum atomic E-state index is -0.104. The van der Waals surface area contributed by atoms with E-state index in [2.05, 4.69) is 21.3 Å². The van der Waals surface area contributed by atoms with E-state index in [9.17, 15) is 4.79 Å². The second kappa shape index (κ2) is 10.0. The van der Waals surface area contributed by atoms with Crippen molar-refractivity contribution in [2.24, 2.45) is 0 Å². The number of ether oxygens (including phenoxy) is 1. The second-order valence-corrected chi connectivity index (χ2v) is 8.52. The van der Waals surface area contributed by atoms with Crippen LogP contribution in [0.25, 0.3) is 22.2 Å². The first kappa shape index (κ1) is 22.0. The lowest BCUT2D eigenvalue weighted by atomic mass is 10.0. The first-order valence-corrected chi connectivity index (χ1v) is 11.7. The van der Waals surface area contributed by atoms with Crippen molar-refractivity contribution < 1.29 is 9.53 Å². The van der Waals surface area contributed by atoms with Crippen molar-refractivity contribution in [2.45, 2.75) is 18.9 Å². The van der Waals surface area contributed by atoms with Crippen LogP contribution in [0.4, 0.5) is 0 Å². The van der Waals surface area contributed by atoms with Gasteiger partial charge in [0.1, 0.15) is 5.75 Å². The summed E-state index contributed by atoms with van der Waals surface area (Å²) in [4.78, 5) is 24.9. The van der Waals surface area contributed by atoms with Gasteiger partial charge in [-0.3, -0.25) is 14.7 Å². The number of fused-ring (bicyclic) bond motifs is 1. The van der Waals surface area contributed by atoms with E-state index in [0.717, 1.165) is 46.6 Å². The molecule has 6 nitrogen and oxygen atoms in total. The maximum absolute atomic E-state index is 13.5. The van der Waals surface area contributed by atoms with Crippen LogP contribution in [0.3, 0.4) is 0 Å². The Balaban J connectivity index is 1.46. The van der Waals surface area contributed by atoms with E-state index in [1.807, 2.05) is 60.7 Å². The lowest BCUT2D eigenvalue weighted by Gasteiger charge is -2.29. The monoisotopic (exact) mass is 452 g/mol. The molecular weight excluding hydrogens is 424 g/mol. The molecule has 0 bridgehead atoms. The molecule has 1 N–H and O–H groups in total. The standard InChI is InChI=1S/C28H28N4O2/c1-34-27-11-5-3-9-22(27)26(32-16-6-7-17-32)19-30-28(33)23-18-25(20-12-14-29-15-13-20)31-24-10-4-2-8-21(23)24/h2-5,8-15,18,26H,6-7,16-17,19H2,1H3,(H,30,33)/t26-/m0/s1. The van der Waals surface area contributed by atoms with Crippen LogP contribution in [0.1, 0.15) is 34.8 Å². The number of amides is 1. The molecule has 4 aromatic rings. The zero-order chi connectivity index (χ0) is 23.3. The predicted molar refractivity (Wildman–Crippen MR) is 134 cm³/mol. The van der Waals surface area contributed by atoms with E-state index >= 15 is 0 Å². The van der Waals surface area contributed by atoms with Gasteiger partial charge >= 0.3 is 0 Å². The van der Waals surface area contributed by atoms with Crippen LogP contribution < -0.4 is 10.1 Å². The topological polar surface area (TPSA) is 67.3 Å². The van der Waals surface area contributed by atoms with Crippen molar-refractivity contribution in [3.8, 4) is 17.0 Å². The number of para-hydroxylation sites is 2. The number of carbonyl (C=O) groups is 1. The van der Waals surface area contributed by atoms with Crippen molar-refractivity contribution in [1.82, 2.24) is 20.2 Å². The SMILES string of the molecule is COc1ccccc1[C@H](CNC(=O)c1cc(-c2ccncc2)nc2ccccc12)N1CCCC1. The molecule has 34 heavy (non-hydrogen) atoms. The Kier molecular flexibility index (Phi) is 6.49. The number of hydrogen-bond donors (Lipinski definition) is 1. The van der Waals surface area contributed by atoms with Crippen LogP contribution in [-0.2, 0) is 0 Å². The summed E-state index contributed by atoms with van der Waals surface area (Å²) in [6.07, 6.45) is 5.81. The number of carbonyl (C=O) groups excluding carboxylic acids is 1. The van der Waals surface area contributed by atoms with Crippen LogP contribution >= 0.6 is 0 Å². The van der Waals surface area contributed by atoms with Crippen molar-refractivity contribution in [3.63, 3.8) is 0 Å². The van der Waals surface area contributed by atoms with Crippen LogP contribution in [0.5, 0.6) is 5.75 Å². The molecular formula is C28H28N4O2. The van der Waals surface area contributed by atoms with Gasteiger partial charge in [0.2, 0.25) is 0 Å². The summed E-state index contributed by atoms with van der Waals surface area (Å²) in [7, 11) is 1.70. The van der Waals surface area contributed by atoms with Gasteiger partial charge in [-0.25, -0.2) is 4.98 Å². The molecule has 0 unspecified atom stereocenters. The number of nitrogens with zero attached hydrogens (tertiary/aromatic N) is 3. The van der Waals surface area contributed by atoms with Crippen molar-refractivity contribution in [3.05, 3.63) is 90.3 Å². The highest BCUT2D eigenvalue weighted by atomic mass is 16.5.